The number of hydrogen-bond acceptors (Lipinski definition) is 8. The van der Waals surface area contributed by atoms with Crippen LogP contribution in [-0.4, -0.2) is 45.7 Å². The fourth-order valence-corrected chi connectivity index (χ4v) is 5.32. The topological polar surface area (TPSA) is 125 Å². The van der Waals surface area contributed by atoms with Gasteiger partial charge in [0.1, 0.15) is 12.4 Å². The summed E-state index contributed by atoms with van der Waals surface area (Å²) in [6.07, 6.45) is -7.94. The third-order valence-corrected chi connectivity index (χ3v) is 7.95. The van der Waals surface area contributed by atoms with E-state index in [1.807, 2.05) is 0 Å². The number of rotatable bonds is 15. The Morgan fingerprint density at radius 2 is 1.35 bits per heavy atom. The molecule has 0 aromatic heterocycles. The van der Waals surface area contributed by atoms with Crippen molar-refractivity contribution in [2.24, 2.45) is 5.41 Å². The third-order valence-electron chi connectivity index (χ3n) is 6.55. The van der Waals surface area contributed by atoms with Crippen molar-refractivity contribution in [1.82, 2.24) is 0 Å². The summed E-state index contributed by atoms with van der Waals surface area (Å²) in [4.78, 5) is 39.0. The minimum atomic E-state index is -4.96. The largest absolute Gasteiger partial charge is 0.573 e. The number of halogens is 6. The average Bonchev–Trinajstić information content (AvgIpc) is 3.01. The van der Waals surface area contributed by atoms with Gasteiger partial charge in [-0.15, -0.1) is 19.8 Å². The summed E-state index contributed by atoms with van der Waals surface area (Å²) in [6, 6.07) is 12.0. The van der Waals surface area contributed by atoms with E-state index in [0.29, 0.717) is 0 Å². The number of allylic oxidation sites excluding steroid dienone is 1. The van der Waals surface area contributed by atoms with Gasteiger partial charge in [0.15, 0.2) is 17.8 Å². The lowest BCUT2D eigenvalue weighted by molar-refractivity contribution is -0.274. The van der Waals surface area contributed by atoms with Crippen molar-refractivity contribution in [2.45, 2.75) is 30.3 Å². The van der Waals surface area contributed by atoms with E-state index in [0.717, 1.165) is 48.5 Å². The van der Waals surface area contributed by atoms with E-state index >= 15 is 0 Å². The van der Waals surface area contributed by atoms with Gasteiger partial charge >= 0.3 is 24.5 Å². The van der Waals surface area contributed by atoms with Crippen LogP contribution in [0.4, 0.5) is 32.0 Å². The van der Waals surface area contributed by atoms with E-state index in [2.05, 4.69) is 22.6 Å². The van der Waals surface area contributed by atoms with Gasteiger partial charge in [0.25, 0.3) is 10.0 Å². The van der Waals surface area contributed by atoms with Crippen molar-refractivity contribution in [3.8, 4) is 5.75 Å². The standard InChI is InChI=1S/C32H27F6NO8S/c1-3-17-30(28(41)45-18-4-2,19-21-5-9-23(10-6-21)31(33,34)35)29(42)46-20-27(40)22-7-11-24(12-8-22)39-48(43,44)26-15-13-25(14-16-26)47-32(36,37)38/h3-16,39H,1-2,17-20H2. The lowest BCUT2D eigenvalue weighted by atomic mass is 9.78. The summed E-state index contributed by atoms with van der Waals surface area (Å²) >= 11 is 0. The van der Waals surface area contributed by atoms with Gasteiger partial charge in [-0.2, -0.15) is 13.2 Å². The highest BCUT2D eigenvalue weighted by Gasteiger charge is 2.48. The van der Waals surface area contributed by atoms with Crippen molar-refractivity contribution in [3.05, 3.63) is 115 Å². The number of nitrogens with one attached hydrogen (secondary N) is 1. The molecule has 0 aliphatic rings. The van der Waals surface area contributed by atoms with Gasteiger partial charge in [0, 0.05) is 11.3 Å². The smallest absolute Gasteiger partial charge is 0.461 e. The van der Waals surface area contributed by atoms with E-state index < -0.39 is 70.0 Å². The average molecular weight is 700 g/mol. The zero-order valence-electron chi connectivity index (χ0n) is 24.8. The van der Waals surface area contributed by atoms with Crippen molar-refractivity contribution in [3.63, 3.8) is 0 Å². The Kier molecular flexibility index (Phi) is 11.8. The van der Waals surface area contributed by atoms with Crippen molar-refractivity contribution in [1.29, 1.82) is 0 Å². The fourth-order valence-electron chi connectivity index (χ4n) is 4.26. The molecule has 0 radical (unpaired) electrons. The molecule has 0 aliphatic carbocycles. The molecule has 0 fully saturated rings. The first-order valence-corrected chi connectivity index (χ1v) is 15.1. The van der Waals surface area contributed by atoms with Gasteiger partial charge in [0.2, 0.25) is 0 Å². The van der Waals surface area contributed by atoms with Crippen LogP contribution in [-0.2, 0) is 41.7 Å². The first kappa shape index (κ1) is 37.3. The molecule has 256 valence electrons. The SMILES string of the molecule is C=CCOC(=O)C(CC=C)(Cc1ccc(C(F)(F)F)cc1)C(=O)OCC(=O)c1ccc(NS(=O)(=O)c2ccc(OC(F)(F)F)cc2)cc1. The van der Waals surface area contributed by atoms with Gasteiger partial charge in [-0.3, -0.25) is 19.1 Å². The molecule has 0 amide bonds. The van der Waals surface area contributed by atoms with Crippen LogP contribution in [0.15, 0.2) is 103 Å². The molecule has 0 saturated heterocycles. The molecular weight excluding hydrogens is 672 g/mol. The van der Waals surface area contributed by atoms with Crippen LogP contribution < -0.4 is 9.46 Å². The maximum Gasteiger partial charge on any atom is 0.573 e. The zero-order valence-corrected chi connectivity index (χ0v) is 25.6. The van der Waals surface area contributed by atoms with Crippen LogP contribution in [0.2, 0.25) is 0 Å². The number of hydrogen-bond donors (Lipinski definition) is 1. The number of benzene rings is 3. The van der Waals surface area contributed by atoms with Gasteiger partial charge < -0.3 is 14.2 Å². The number of sulfonamides is 1. The third kappa shape index (κ3) is 9.94. The number of carbonyl (C=O) groups is 3. The fraction of sp³-hybridized carbons (Fsp3) is 0.219. The normalized spacial score (nSPS) is 13.0. The lowest BCUT2D eigenvalue weighted by Gasteiger charge is -2.28. The number of alkyl halides is 6. The Morgan fingerprint density at radius 1 is 0.771 bits per heavy atom. The van der Waals surface area contributed by atoms with Crippen LogP contribution in [0.5, 0.6) is 5.75 Å². The quantitative estimate of drug-likeness (QED) is 0.0614. The van der Waals surface area contributed by atoms with Gasteiger partial charge in [0.05, 0.1) is 10.5 Å². The van der Waals surface area contributed by atoms with Crippen LogP contribution >= 0.6 is 0 Å². The van der Waals surface area contributed by atoms with Crippen molar-refractivity contribution >= 4 is 33.4 Å². The number of carbonyl (C=O) groups excluding carboxylic acids is 3. The molecule has 0 heterocycles. The molecule has 16 heteroatoms. The Balaban J connectivity index is 1.73. The summed E-state index contributed by atoms with van der Waals surface area (Å²) in [5.74, 6) is -3.68. The number of Topliss-reactive ketones (excluding diaryl/α,β-unsaturated/α-hetero) is 1. The molecule has 0 aliphatic heterocycles. The van der Waals surface area contributed by atoms with Crippen LogP contribution in [0, 0.1) is 5.41 Å². The monoisotopic (exact) mass is 699 g/mol. The van der Waals surface area contributed by atoms with E-state index in [4.69, 9.17) is 9.47 Å². The molecule has 3 rings (SSSR count). The molecule has 1 N–H and O–H groups in total. The summed E-state index contributed by atoms with van der Waals surface area (Å²) in [5, 5.41) is 0. The van der Waals surface area contributed by atoms with E-state index in [1.165, 1.54) is 36.4 Å². The van der Waals surface area contributed by atoms with E-state index in [9.17, 15) is 49.1 Å². The molecule has 9 nitrogen and oxygen atoms in total. The predicted molar refractivity (Wildman–Crippen MR) is 159 cm³/mol. The predicted octanol–water partition coefficient (Wildman–Crippen LogP) is 6.67. The molecule has 1 atom stereocenters. The summed E-state index contributed by atoms with van der Waals surface area (Å²) in [5.41, 5.74) is -2.97. The molecular formula is C32H27F6NO8S. The number of ether oxygens (including phenoxy) is 3. The van der Waals surface area contributed by atoms with Crippen LogP contribution in [0.1, 0.15) is 27.9 Å². The van der Waals surface area contributed by atoms with Gasteiger partial charge in [-0.25, -0.2) is 8.42 Å². The molecule has 0 bridgehead atoms. The van der Waals surface area contributed by atoms with Crippen molar-refractivity contribution in [2.75, 3.05) is 17.9 Å². The van der Waals surface area contributed by atoms with Crippen molar-refractivity contribution < 1.29 is 63.4 Å². The highest BCUT2D eigenvalue weighted by Crippen LogP contribution is 2.34. The minimum Gasteiger partial charge on any atom is -0.461 e. The highest BCUT2D eigenvalue weighted by molar-refractivity contribution is 7.92. The Bertz CT molecular complexity index is 1740. The Morgan fingerprint density at radius 3 is 1.88 bits per heavy atom. The summed E-state index contributed by atoms with van der Waals surface area (Å²) in [6.45, 7) is 5.79. The zero-order chi connectivity index (χ0) is 35.8. The summed E-state index contributed by atoms with van der Waals surface area (Å²) in [7, 11) is -4.26. The van der Waals surface area contributed by atoms with E-state index in [-0.39, 0.29) is 34.7 Å². The maximum atomic E-state index is 13.4. The Hall–Kier alpha value is -5.12. The number of anilines is 1. The second-order valence-electron chi connectivity index (χ2n) is 10.0. The lowest BCUT2D eigenvalue weighted by Crippen LogP contribution is -2.44. The number of ketones is 1. The van der Waals surface area contributed by atoms with Gasteiger partial charge in [-0.1, -0.05) is 30.9 Å². The maximum absolute atomic E-state index is 13.4. The first-order valence-electron chi connectivity index (χ1n) is 13.6. The van der Waals surface area contributed by atoms with Crippen LogP contribution in [0.25, 0.3) is 0 Å². The second-order valence-corrected chi connectivity index (χ2v) is 11.7. The number of esters is 2. The molecule has 3 aromatic carbocycles. The molecule has 48 heavy (non-hydrogen) atoms. The molecule has 0 saturated carbocycles. The molecule has 3 aromatic rings. The summed E-state index contributed by atoms with van der Waals surface area (Å²) < 4.78 is 118. The van der Waals surface area contributed by atoms with E-state index in [1.54, 1.807) is 0 Å². The Labute approximate surface area is 270 Å². The van der Waals surface area contributed by atoms with Crippen LogP contribution in [0.3, 0.4) is 0 Å². The molecule has 0 spiro atoms. The van der Waals surface area contributed by atoms with Gasteiger partial charge in [-0.05, 0) is 79.1 Å². The highest BCUT2D eigenvalue weighted by atomic mass is 32.2. The minimum absolute atomic E-state index is 0.0225. The second kappa shape index (κ2) is 15.2. The molecule has 1 unspecified atom stereocenters. The first-order chi connectivity index (χ1) is 22.4.